The average Bonchev–Trinajstić information content (AvgIpc) is 2.99. The molecule has 0 aromatic heterocycles. The van der Waals surface area contributed by atoms with Crippen molar-refractivity contribution in [2.24, 2.45) is 5.10 Å². The zero-order valence-corrected chi connectivity index (χ0v) is 18.1. The molecule has 1 atom stereocenters. The molecule has 1 heterocycles. The first kappa shape index (κ1) is 23.3. The molecular formula is C23H26ClN3O3. The van der Waals surface area contributed by atoms with Crippen LogP contribution in [0.4, 0.5) is 0 Å². The van der Waals surface area contributed by atoms with Crippen LogP contribution in [0.5, 0.6) is 0 Å². The number of nitrogens with zero attached hydrogens (tertiary/aromatic N) is 2. The molecule has 2 aromatic rings. The van der Waals surface area contributed by atoms with Crippen molar-refractivity contribution < 1.29 is 31.2 Å². The molecule has 2 aromatic carbocycles. The molecule has 0 radical (unpaired) electrons. The van der Waals surface area contributed by atoms with E-state index in [9.17, 15) is 9.59 Å². The molecule has 1 N–H and O–H groups in total. The zero-order valence-electron chi connectivity index (χ0n) is 17.3. The van der Waals surface area contributed by atoms with Gasteiger partial charge in [0.25, 0.3) is 5.91 Å². The fourth-order valence-electron chi connectivity index (χ4n) is 3.07. The highest BCUT2D eigenvalue weighted by atomic mass is 35.5. The minimum absolute atomic E-state index is 0. The summed E-state index contributed by atoms with van der Waals surface area (Å²) in [7, 11) is 5.82. The van der Waals surface area contributed by atoms with Crippen molar-refractivity contribution in [2.75, 3.05) is 27.7 Å². The lowest BCUT2D eigenvalue weighted by molar-refractivity contribution is -0.862. The fourth-order valence-corrected chi connectivity index (χ4v) is 3.07. The Bertz CT molecular complexity index is 950. The van der Waals surface area contributed by atoms with Crippen molar-refractivity contribution in [1.29, 1.82) is 0 Å². The number of cyclic esters (lactones) is 1. The van der Waals surface area contributed by atoms with Gasteiger partial charge in [-0.2, -0.15) is 5.10 Å². The molecule has 1 aliphatic heterocycles. The Kier molecular flexibility index (Phi) is 7.92. The lowest BCUT2D eigenvalue weighted by atomic mass is 10.0. The summed E-state index contributed by atoms with van der Waals surface area (Å²) in [6.45, 7) is 0.306. The van der Waals surface area contributed by atoms with Crippen molar-refractivity contribution in [3.63, 3.8) is 0 Å². The van der Waals surface area contributed by atoms with Gasteiger partial charge in [0.1, 0.15) is 6.10 Å². The van der Waals surface area contributed by atoms with E-state index in [1.54, 1.807) is 6.07 Å². The Morgan fingerprint density at radius 1 is 1.10 bits per heavy atom. The molecule has 158 valence electrons. The molecule has 0 fully saturated rings. The predicted octanol–water partition coefficient (Wildman–Crippen LogP) is 0.184. The summed E-state index contributed by atoms with van der Waals surface area (Å²) < 4.78 is 6.04. The average molecular weight is 428 g/mol. The summed E-state index contributed by atoms with van der Waals surface area (Å²) in [5.74, 6) is -0.502. The van der Waals surface area contributed by atoms with Crippen LogP contribution in [0.2, 0.25) is 0 Å². The van der Waals surface area contributed by atoms with E-state index < -0.39 is 6.10 Å². The van der Waals surface area contributed by atoms with Crippen LogP contribution in [0, 0.1) is 0 Å². The van der Waals surface area contributed by atoms with Gasteiger partial charge in [0, 0.05) is 12.0 Å². The third-order valence-electron chi connectivity index (χ3n) is 4.38. The van der Waals surface area contributed by atoms with Gasteiger partial charge in [-0.15, -0.1) is 0 Å². The number of hydrazone groups is 1. The maximum atomic E-state index is 12.2. The fraction of sp³-hybridized carbons (Fsp3) is 0.261. The molecule has 7 heteroatoms. The number of carbonyl (C=O) groups is 2. The van der Waals surface area contributed by atoms with Crippen molar-refractivity contribution in [2.45, 2.75) is 12.5 Å². The number of hydrogen-bond donors (Lipinski definition) is 1. The number of ether oxygens (including phenoxy) is 1. The van der Waals surface area contributed by atoms with Crippen LogP contribution in [0.1, 0.15) is 34.0 Å². The molecule has 1 amide bonds. The molecule has 1 aliphatic rings. The lowest BCUT2D eigenvalue weighted by Crippen LogP contribution is -3.00. The number of amides is 1. The number of benzene rings is 2. The molecule has 1 unspecified atom stereocenters. The summed E-state index contributed by atoms with van der Waals surface area (Å²) in [5, 5.41) is 4.31. The molecule has 0 saturated carbocycles. The number of nitrogens with one attached hydrogen (secondary N) is 1. The predicted molar refractivity (Wildman–Crippen MR) is 113 cm³/mol. The van der Waals surface area contributed by atoms with Crippen molar-refractivity contribution in [1.82, 2.24) is 5.43 Å². The quantitative estimate of drug-likeness (QED) is 0.297. The summed E-state index contributed by atoms with van der Waals surface area (Å²) in [4.78, 5) is 24.3. The van der Waals surface area contributed by atoms with Crippen molar-refractivity contribution in [3.05, 3.63) is 77.4 Å². The number of hydrogen-bond acceptors (Lipinski definition) is 4. The number of halogens is 1. The van der Waals surface area contributed by atoms with Gasteiger partial charge in [0.15, 0.2) is 6.54 Å². The number of quaternary nitrogens is 1. The van der Waals surface area contributed by atoms with Crippen molar-refractivity contribution >= 4 is 23.7 Å². The van der Waals surface area contributed by atoms with E-state index in [-0.39, 0.29) is 24.3 Å². The number of carbonyl (C=O) groups excluding carboxylic acids is 2. The second-order valence-electron chi connectivity index (χ2n) is 8.02. The SMILES string of the molecule is C[N+](C)(C)CC(=O)N/N=C(/C=C/c1ccccc1)CC1OC(=O)c2ccccc21.[Cl-]. The Hall–Kier alpha value is -2.96. The van der Waals surface area contributed by atoms with E-state index in [2.05, 4.69) is 10.5 Å². The van der Waals surface area contributed by atoms with Gasteiger partial charge in [0.05, 0.1) is 32.4 Å². The molecule has 0 saturated heterocycles. The van der Waals surface area contributed by atoms with Gasteiger partial charge >= 0.3 is 5.97 Å². The van der Waals surface area contributed by atoms with Crippen LogP contribution in [0.15, 0.2) is 65.8 Å². The highest BCUT2D eigenvalue weighted by molar-refractivity contribution is 6.01. The summed E-state index contributed by atoms with van der Waals surface area (Å²) in [6, 6.07) is 17.2. The Labute approximate surface area is 183 Å². The molecular weight excluding hydrogens is 402 g/mol. The second kappa shape index (κ2) is 10.2. The number of rotatable bonds is 7. The Morgan fingerprint density at radius 3 is 2.47 bits per heavy atom. The second-order valence-corrected chi connectivity index (χ2v) is 8.02. The van der Waals surface area contributed by atoms with Crippen LogP contribution >= 0.6 is 0 Å². The zero-order chi connectivity index (χ0) is 20.9. The summed E-state index contributed by atoms with van der Waals surface area (Å²) >= 11 is 0. The lowest BCUT2D eigenvalue weighted by Gasteiger charge is -2.22. The van der Waals surface area contributed by atoms with Gasteiger partial charge in [0.2, 0.25) is 0 Å². The minimum Gasteiger partial charge on any atom is -1.00 e. The van der Waals surface area contributed by atoms with Crippen LogP contribution in [-0.2, 0) is 9.53 Å². The maximum absolute atomic E-state index is 12.2. The molecule has 0 aliphatic carbocycles. The van der Waals surface area contributed by atoms with Crippen LogP contribution in [0.25, 0.3) is 6.08 Å². The first-order valence-corrected chi connectivity index (χ1v) is 9.51. The monoisotopic (exact) mass is 427 g/mol. The number of esters is 1. The van der Waals surface area contributed by atoms with Crippen molar-refractivity contribution in [3.8, 4) is 0 Å². The Balaban J connectivity index is 0.00000320. The summed E-state index contributed by atoms with van der Waals surface area (Å²) in [6.07, 6.45) is 3.72. The highest BCUT2D eigenvalue weighted by Crippen LogP contribution is 2.33. The van der Waals surface area contributed by atoms with E-state index in [0.29, 0.717) is 28.7 Å². The molecule has 0 bridgehead atoms. The molecule has 30 heavy (non-hydrogen) atoms. The van der Waals surface area contributed by atoms with E-state index in [4.69, 9.17) is 4.74 Å². The molecule has 3 rings (SSSR count). The Morgan fingerprint density at radius 2 is 1.77 bits per heavy atom. The molecule has 0 spiro atoms. The van der Waals surface area contributed by atoms with Gasteiger partial charge in [-0.25, -0.2) is 10.2 Å². The topological polar surface area (TPSA) is 67.8 Å². The van der Waals surface area contributed by atoms with Crippen LogP contribution in [-0.4, -0.2) is 49.8 Å². The van der Waals surface area contributed by atoms with E-state index in [1.165, 1.54) is 0 Å². The van der Waals surface area contributed by atoms with Crippen LogP contribution in [0.3, 0.4) is 0 Å². The van der Waals surface area contributed by atoms with E-state index in [1.807, 2.05) is 81.8 Å². The smallest absolute Gasteiger partial charge is 0.339 e. The first-order chi connectivity index (χ1) is 13.8. The van der Waals surface area contributed by atoms with Gasteiger partial charge in [-0.05, 0) is 17.7 Å². The number of allylic oxidation sites excluding steroid dienone is 1. The van der Waals surface area contributed by atoms with Gasteiger partial charge < -0.3 is 21.6 Å². The highest BCUT2D eigenvalue weighted by Gasteiger charge is 2.31. The third kappa shape index (κ3) is 6.54. The minimum atomic E-state index is -0.423. The van der Waals surface area contributed by atoms with Gasteiger partial charge in [-0.1, -0.05) is 54.6 Å². The standard InChI is InChI=1S/C23H25N3O3.ClH/c1-26(2,3)16-22(27)25-24-18(14-13-17-9-5-4-6-10-17)15-21-19-11-7-8-12-20(19)23(28)29-21;/h4-14,21H,15-16H2,1-3H3;1H/b14-13+,24-18-;. The van der Waals surface area contributed by atoms with Gasteiger partial charge in [-0.3, -0.25) is 4.79 Å². The first-order valence-electron chi connectivity index (χ1n) is 9.51. The summed E-state index contributed by atoms with van der Waals surface area (Å²) in [5.41, 5.74) is 5.69. The number of fused-ring (bicyclic) bond motifs is 1. The maximum Gasteiger partial charge on any atom is 0.339 e. The normalized spacial score (nSPS) is 16.0. The van der Waals surface area contributed by atoms with Crippen LogP contribution < -0.4 is 17.8 Å². The molecule has 6 nitrogen and oxygen atoms in total. The largest absolute Gasteiger partial charge is 1.00 e. The number of likely N-dealkylation sites (N-methyl/N-ethyl adjacent to an activating group) is 1. The third-order valence-corrected chi connectivity index (χ3v) is 4.38. The van der Waals surface area contributed by atoms with E-state index in [0.717, 1.165) is 11.1 Å². The van der Waals surface area contributed by atoms with E-state index >= 15 is 0 Å².